The summed E-state index contributed by atoms with van der Waals surface area (Å²) in [6.45, 7) is 0. The molecule has 0 saturated carbocycles. The Hall–Kier alpha value is -2.58. The molecule has 0 bridgehead atoms. The highest BCUT2D eigenvalue weighted by atomic mass is 32.1. The van der Waals surface area contributed by atoms with Crippen LogP contribution >= 0.6 is 11.3 Å². The van der Waals surface area contributed by atoms with Gasteiger partial charge in [0.05, 0.1) is 10.6 Å². The van der Waals surface area contributed by atoms with Gasteiger partial charge in [0, 0.05) is 24.5 Å². The van der Waals surface area contributed by atoms with E-state index in [-0.39, 0.29) is 5.82 Å². The molecule has 2 N–H and O–H groups in total. The zero-order valence-electron chi connectivity index (χ0n) is 10.9. The van der Waals surface area contributed by atoms with E-state index in [0.29, 0.717) is 5.56 Å². The molecule has 0 spiro atoms. The van der Waals surface area contributed by atoms with E-state index in [1.54, 1.807) is 11.3 Å². The quantitative estimate of drug-likeness (QED) is 0.783. The number of aromatic nitrogens is 2. The van der Waals surface area contributed by atoms with Crippen LogP contribution in [-0.2, 0) is 7.05 Å². The molecule has 0 aromatic carbocycles. The van der Waals surface area contributed by atoms with E-state index < -0.39 is 0 Å². The molecular formula is C15H12N4S. The van der Waals surface area contributed by atoms with Gasteiger partial charge in [0.15, 0.2) is 0 Å². The molecule has 0 aliphatic carbocycles. The molecule has 0 saturated heterocycles. The van der Waals surface area contributed by atoms with Crippen molar-refractivity contribution in [3.8, 4) is 27.9 Å². The number of nitrogens with zero attached hydrogens (tertiary/aromatic N) is 3. The Bertz CT molecular complexity index is 794. The van der Waals surface area contributed by atoms with Crippen molar-refractivity contribution in [3.05, 3.63) is 47.5 Å². The molecule has 3 rings (SSSR count). The minimum Gasteiger partial charge on any atom is -0.383 e. The fourth-order valence-corrected chi connectivity index (χ4v) is 2.86. The number of nitriles is 1. The first-order valence-electron chi connectivity index (χ1n) is 6.07. The van der Waals surface area contributed by atoms with Crippen molar-refractivity contribution in [1.29, 1.82) is 5.26 Å². The smallest absolute Gasteiger partial charge is 0.142 e. The van der Waals surface area contributed by atoms with Gasteiger partial charge in [-0.1, -0.05) is 6.07 Å². The largest absolute Gasteiger partial charge is 0.383 e. The molecule has 5 heteroatoms. The van der Waals surface area contributed by atoms with Crippen LogP contribution in [0.3, 0.4) is 0 Å². The SMILES string of the molecule is Cn1cccc1-c1cc(-c2cccs2)nc(N)c1C#N. The molecule has 3 aromatic heterocycles. The fraction of sp³-hybridized carbons (Fsp3) is 0.0667. The summed E-state index contributed by atoms with van der Waals surface area (Å²) in [5.74, 6) is 0.273. The van der Waals surface area contributed by atoms with Gasteiger partial charge in [0.25, 0.3) is 0 Å². The number of pyridine rings is 1. The van der Waals surface area contributed by atoms with Gasteiger partial charge >= 0.3 is 0 Å². The lowest BCUT2D eigenvalue weighted by Crippen LogP contribution is -2.01. The van der Waals surface area contributed by atoms with Gasteiger partial charge in [-0.05, 0) is 29.6 Å². The Morgan fingerprint density at radius 2 is 2.20 bits per heavy atom. The van der Waals surface area contributed by atoms with Gasteiger partial charge in [-0.15, -0.1) is 11.3 Å². The van der Waals surface area contributed by atoms with E-state index in [4.69, 9.17) is 5.73 Å². The predicted molar refractivity (Wildman–Crippen MR) is 81.1 cm³/mol. The van der Waals surface area contributed by atoms with Crippen LogP contribution in [-0.4, -0.2) is 9.55 Å². The van der Waals surface area contributed by atoms with Crippen molar-refractivity contribution in [2.45, 2.75) is 0 Å². The van der Waals surface area contributed by atoms with Crippen LogP contribution < -0.4 is 5.73 Å². The number of rotatable bonds is 2. The van der Waals surface area contributed by atoms with Crippen molar-refractivity contribution in [1.82, 2.24) is 9.55 Å². The summed E-state index contributed by atoms with van der Waals surface area (Å²) in [4.78, 5) is 5.38. The van der Waals surface area contributed by atoms with Crippen LogP contribution in [0.15, 0.2) is 41.9 Å². The minimum atomic E-state index is 0.273. The van der Waals surface area contributed by atoms with E-state index in [0.717, 1.165) is 21.8 Å². The highest BCUT2D eigenvalue weighted by molar-refractivity contribution is 7.13. The van der Waals surface area contributed by atoms with E-state index in [9.17, 15) is 5.26 Å². The normalized spacial score (nSPS) is 10.4. The molecule has 0 radical (unpaired) electrons. The number of nitrogen functional groups attached to an aromatic ring is 1. The first kappa shape index (κ1) is 12.5. The average Bonchev–Trinajstić information content (AvgIpc) is 3.08. The topological polar surface area (TPSA) is 67.6 Å². The number of hydrogen-bond acceptors (Lipinski definition) is 4. The lowest BCUT2D eigenvalue weighted by Gasteiger charge is -2.10. The Morgan fingerprint density at radius 3 is 2.80 bits per heavy atom. The molecule has 0 unspecified atom stereocenters. The number of anilines is 1. The van der Waals surface area contributed by atoms with Gasteiger partial charge in [-0.25, -0.2) is 4.98 Å². The summed E-state index contributed by atoms with van der Waals surface area (Å²) < 4.78 is 1.97. The lowest BCUT2D eigenvalue weighted by atomic mass is 10.0. The molecule has 3 aromatic rings. The Morgan fingerprint density at radius 1 is 1.35 bits per heavy atom. The highest BCUT2D eigenvalue weighted by Gasteiger charge is 2.15. The third-order valence-electron chi connectivity index (χ3n) is 3.15. The standard InChI is InChI=1S/C15H12N4S/c1-19-6-2-4-13(19)10-8-12(14-5-3-7-20-14)18-15(17)11(10)9-16/h2-8H,1H3,(H2,17,18). The maximum atomic E-state index is 9.33. The Labute approximate surface area is 120 Å². The second kappa shape index (κ2) is 4.83. The molecule has 98 valence electrons. The summed E-state index contributed by atoms with van der Waals surface area (Å²) in [6.07, 6.45) is 1.94. The number of hydrogen-bond donors (Lipinski definition) is 1. The molecule has 3 heterocycles. The highest BCUT2D eigenvalue weighted by Crippen LogP contribution is 2.32. The lowest BCUT2D eigenvalue weighted by molar-refractivity contribution is 0.936. The Balaban J connectivity index is 2.27. The van der Waals surface area contributed by atoms with E-state index >= 15 is 0 Å². The summed E-state index contributed by atoms with van der Waals surface area (Å²) in [6, 6.07) is 12.0. The molecule has 0 aliphatic heterocycles. The summed E-state index contributed by atoms with van der Waals surface area (Å²) >= 11 is 1.60. The van der Waals surface area contributed by atoms with Crippen molar-refractivity contribution >= 4 is 17.2 Å². The summed E-state index contributed by atoms with van der Waals surface area (Å²) in [7, 11) is 1.94. The van der Waals surface area contributed by atoms with Crippen LogP contribution in [0, 0.1) is 11.3 Å². The van der Waals surface area contributed by atoms with Crippen LogP contribution in [0.5, 0.6) is 0 Å². The van der Waals surface area contributed by atoms with Gasteiger partial charge in [-0.2, -0.15) is 5.26 Å². The zero-order chi connectivity index (χ0) is 14.1. The number of thiophene rings is 1. The third-order valence-corrected chi connectivity index (χ3v) is 4.04. The number of nitrogens with two attached hydrogens (primary N) is 1. The second-order valence-corrected chi connectivity index (χ2v) is 5.36. The summed E-state index contributed by atoms with van der Waals surface area (Å²) in [5.41, 5.74) is 8.95. The maximum Gasteiger partial charge on any atom is 0.142 e. The first-order valence-corrected chi connectivity index (χ1v) is 6.95. The van der Waals surface area contributed by atoms with Gasteiger partial charge < -0.3 is 10.3 Å². The average molecular weight is 280 g/mol. The number of aryl methyl sites for hydroxylation is 1. The van der Waals surface area contributed by atoms with Crippen LogP contribution in [0.2, 0.25) is 0 Å². The molecule has 4 nitrogen and oxygen atoms in total. The van der Waals surface area contributed by atoms with Gasteiger partial charge in [0.1, 0.15) is 17.5 Å². The van der Waals surface area contributed by atoms with Crippen LogP contribution in [0.25, 0.3) is 21.8 Å². The summed E-state index contributed by atoms with van der Waals surface area (Å²) in [5, 5.41) is 11.3. The fourth-order valence-electron chi connectivity index (χ4n) is 2.18. The monoisotopic (exact) mass is 280 g/mol. The molecule has 20 heavy (non-hydrogen) atoms. The zero-order valence-corrected chi connectivity index (χ0v) is 11.7. The van der Waals surface area contributed by atoms with Crippen molar-refractivity contribution in [3.63, 3.8) is 0 Å². The third kappa shape index (κ3) is 1.96. The molecule has 0 fully saturated rings. The van der Waals surface area contributed by atoms with Crippen LogP contribution in [0.1, 0.15) is 5.56 Å². The molecule has 0 atom stereocenters. The van der Waals surface area contributed by atoms with Crippen molar-refractivity contribution in [2.24, 2.45) is 7.05 Å². The molecular weight excluding hydrogens is 268 g/mol. The second-order valence-electron chi connectivity index (χ2n) is 4.41. The minimum absolute atomic E-state index is 0.273. The molecule has 0 aliphatic rings. The van der Waals surface area contributed by atoms with Gasteiger partial charge in [0.2, 0.25) is 0 Å². The van der Waals surface area contributed by atoms with Crippen LogP contribution in [0.4, 0.5) is 5.82 Å². The van der Waals surface area contributed by atoms with Crippen molar-refractivity contribution < 1.29 is 0 Å². The van der Waals surface area contributed by atoms with E-state index in [1.807, 2.05) is 53.5 Å². The van der Waals surface area contributed by atoms with E-state index in [2.05, 4.69) is 11.1 Å². The molecule has 0 amide bonds. The maximum absolute atomic E-state index is 9.33. The predicted octanol–water partition coefficient (Wildman–Crippen LogP) is 3.27. The van der Waals surface area contributed by atoms with Crippen molar-refractivity contribution in [2.75, 3.05) is 5.73 Å². The van der Waals surface area contributed by atoms with Gasteiger partial charge in [-0.3, -0.25) is 0 Å². The van der Waals surface area contributed by atoms with E-state index in [1.165, 1.54) is 0 Å². The first-order chi connectivity index (χ1) is 9.70. The Kier molecular flexibility index (Phi) is 3.01.